The van der Waals surface area contributed by atoms with E-state index in [-0.39, 0.29) is 5.82 Å². The SMILES string of the molecule is CCOc1cccc(F)c1Nc1ccn[nH]1. The number of ether oxygens (including phenoxy) is 1. The fourth-order valence-electron chi connectivity index (χ4n) is 1.36. The Bertz CT molecular complexity index is 456. The molecule has 0 aliphatic heterocycles. The maximum atomic E-state index is 13.6. The van der Waals surface area contributed by atoms with Gasteiger partial charge in [0.15, 0.2) is 5.82 Å². The number of aromatic nitrogens is 2. The summed E-state index contributed by atoms with van der Waals surface area (Å²) in [5.41, 5.74) is 0.314. The van der Waals surface area contributed by atoms with Gasteiger partial charge in [-0.3, -0.25) is 5.10 Å². The molecule has 84 valence electrons. The fourth-order valence-corrected chi connectivity index (χ4v) is 1.36. The van der Waals surface area contributed by atoms with E-state index in [1.54, 1.807) is 24.4 Å². The van der Waals surface area contributed by atoms with Gasteiger partial charge in [-0.25, -0.2) is 4.39 Å². The van der Waals surface area contributed by atoms with Crippen molar-refractivity contribution in [2.75, 3.05) is 11.9 Å². The van der Waals surface area contributed by atoms with Gasteiger partial charge in [-0.05, 0) is 19.1 Å². The molecule has 2 N–H and O–H groups in total. The maximum Gasteiger partial charge on any atom is 0.150 e. The van der Waals surface area contributed by atoms with Gasteiger partial charge in [0.2, 0.25) is 0 Å². The van der Waals surface area contributed by atoms with Crippen LogP contribution >= 0.6 is 0 Å². The van der Waals surface area contributed by atoms with Crippen LogP contribution in [0.4, 0.5) is 15.9 Å². The van der Waals surface area contributed by atoms with Crippen LogP contribution in [-0.4, -0.2) is 16.8 Å². The van der Waals surface area contributed by atoms with Crippen LogP contribution < -0.4 is 10.1 Å². The van der Waals surface area contributed by atoms with Crippen LogP contribution in [0.1, 0.15) is 6.92 Å². The van der Waals surface area contributed by atoms with Crippen LogP contribution in [0, 0.1) is 5.82 Å². The highest BCUT2D eigenvalue weighted by Crippen LogP contribution is 2.29. The standard InChI is InChI=1S/C11H12FN3O/c1-2-16-9-5-3-4-8(12)11(9)14-10-6-7-13-15-10/h3-7H,2H2,1H3,(H2,13,14,15). The highest BCUT2D eigenvalue weighted by Gasteiger charge is 2.09. The number of nitrogens with zero attached hydrogens (tertiary/aromatic N) is 1. The van der Waals surface area contributed by atoms with E-state index < -0.39 is 0 Å². The van der Waals surface area contributed by atoms with Crippen LogP contribution in [0.5, 0.6) is 5.75 Å². The lowest BCUT2D eigenvalue weighted by Crippen LogP contribution is -2.00. The van der Waals surface area contributed by atoms with Gasteiger partial charge in [-0.1, -0.05) is 6.07 Å². The number of hydrogen-bond donors (Lipinski definition) is 2. The zero-order valence-corrected chi connectivity index (χ0v) is 8.83. The van der Waals surface area contributed by atoms with Crippen LogP contribution in [0.15, 0.2) is 30.5 Å². The molecule has 0 unspecified atom stereocenters. The Morgan fingerprint density at radius 2 is 2.31 bits per heavy atom. The first-order valence-corrected chi connectivity index (χ1v) is 4.99. The zero-order chi connectivity index (χ0) is 11.4. The molecule has 5 heteroatoms. The minimum Gasteiger partial charge on any atom is -0.492 e. The molecule has 0 fully saturated rings. The predicted molar refractivity (Wildman–Crippen MR) is 59.4 cm³/mol. The number of hydrogen-bond acceptors (Lipinski definition) is 3. The van der Waals surface area contributed by atoms with Gasteiger partial charge in [0, 0.05) is 6.07 Å². The fraction of sp³-hybridized carbons (Fsp3) is 0.182. The molecule has 1 aromatic heterocycles. The molecule has 0 atom stereocenters. The lowest BCUT2D eigenvalue weighted by Gasteiger charge is -2.11. The number of H-pyrrole nitrogens is 1. The van der Waals surface area contributed by atoms with Gasteiger partial charge in [-0.15, -0.1) is 0 Å². The monoisotopic (exact) mass is 221 g/mol. The molecule has 0 bridgehead atoms. The third-order valence-electron chi connectivity index (χ3n) is 2.04. The molecular formula is C11H12FN3O. The third-order valence-corrected chi connectivity index (χ3v) is 2.04. The third kappa shape index (κ3) is 2.13. The molecule has 1 aromatic carbocycles. The van der Waals surface area contributed by atoms with E-state index in [1.807, 2.05) is 6.92 Å². The van der Waals surface area contributed by atoms with Gasteiger partial charge in [0.05, 0.1) is 12.8 Å². The smallest absolute Gasteiger partial charge is 0.150 e. The number of para-hydroxylation sites is 1. The largest absolute Gasteiger partial charge is 0.492 e. The second kappa shape index (κ2) is 4.65. The first-order valence-electron chi connectivity index (χ1n) is 4.99. The Morgan fingerprint density at radius 3 is 3.00 bits per heavy atom. The van der Waals surface area contributed by atoms with Gasteiger partial charge >= 0.3 is 0 Å². The molecule has 0 saturated heterocycles. The average molecular weight is 221 g/mol. The number of anilines is 2. The number of halogens is 1. The van der Waals surface area contributed by atoms with E-state index in [9.17, 15) is 4.39 Å². The van der Waals surface area contributed by atoms with E-state index >= 15 is 0 Å². The van der Waals surface area contributed by atoms with Gasteiger partial charge in [-0.2, -0.15) is 5.10 Å². The molecule has 4 nitrogen and oxygen atoms in total. The molecule has 0 aliphatic carbocycles. The van der Waals surface area contributed by atoms with Gasteiger partial charge < -0.3 is 10.1 Å². The Hall–Kier alpha value is -2.04. The van der Waals surface area contributed by atoms with Gasteiger partial charge in [0.25, 0.3) is 0 Å². The minimum atomic E-state index is -0.361. The topological polar surface area (TPSA) is 49.9 Å². The lowest BCUT2D eigenvalue weighted by molar-refractivity contribution is 0.340. The summed E-state index contributed by atoms with van der Waals surface area (Å²) in [4.78, 5) is 0. The van der Waals surface area contributed by atoms with Crippen molar-refractivity contribution in [1.82, 2.24) is 10.2 Å². The van der Waals surface area contributed by atoms with E-state index in [0.29, 0.717) is 23.9 Å². The highest BCUT2D eigenvalue weighted by molar-refractivity contribution is 5.64. The number of nitrogens with one attached hydrogen (secondary N) is 2. The van der Waals surface area contributed by atoms with Crippen molar-refractivity contribution in [3.8, 4) is 5.75 Å². The van der Waals surface area contributed by atoms with Crippen molar-refractivity contribution in [2.24, 2.45) is 0 Å². The Morgan fingerprint density at radius 1 is 1.44 bits per heavy atom. The molecule has 2 aromatic rings. The maximum absolute atomic E-state index is 13.6. The van der Waals surface area contributed by atoms with Crippen molar-refractivity contribution in [3.63, 3.8) is 0 Å². The van der Waals surface area contributed by atoms with E-state index in [1.165, 1.54) is 6.07 Å². The van der Waals surface area contributed by atoms with Crippen molar-refractivity contribution in [3.05, 3.63) is 36.3 Å². The quantitative estimate of drug-likeness (QED) is 0.834. The normalized spacial score (nSPS) is 10.1. The van der Waals surface area contributed by atoms with Gasteiger partial charge in [0.1, 0.15) is 17.3 Å². The lowest BCUT2D eigenvalue weighted by atomic mass is 10.2. The Balaban J connectivity index is 2.30. The summed E-state index contributed by atoms with van der Waals surface area (Å²) in [6.07, 6.45) is 1.59. The van der Waals surface area contributed by atoms with E-state index in [2.05, 4.69) is 15.5 Å². The summed E-state index contributed by atoms with van der Waals surface area (Å²) in [6, 6.07) is 6.41. The van der Waals surface area contributed by atoms with Crippen LogP contribution in [0.25, 0.3) is 0 Å². The number of aromatic amines is 1. The predicted octanol–water partition coefficient (Wildman–Crippen LogP) is 2.69. The summed E-state index contributed by atoms with van der Waals surface area (Å²) >= 11 is 0. The first kappa shape index (κ1) is 10.5. The van der Waals surface area contributed by atoms with Crippen molar-refractivity contribution in [2.45, 2.75) is 6.92 Å². The summed E-state index contributed by atoms with van der Waals surface area (Å²) in [5, 5.41) is 9.36. The second-order valence-corrected chi connectivity index (χ2v) is 3.14. The first-order chi connectivity index (χ1) is 7.81. The second-order valence-electron chi connectivity index (χ2n) is 3.14. The molecule has 0 radical (unpaired) electrons. The molecule has 0 spiro atoms. The summed E-state index contributed by atoms with van der Waals surface area (Å²) in [7, 11) is 0. The molecule has 0 saturated carbocycles. The molecule has 0 amide bonds. The summed E-state index contributed by atoms with van der Waals surface area (Å²) in [6.45, 7) is 2.34. The van der Waals surface area contributed by atoms with Crippen LogP contribution in [0.3, 0.4) is 0 Å². The molecule has 0 aliphatic rings. The van der Waals surface area contributed by atoms with E-state index in [0.717, 1.165) is 0 Å². The van der Waals surface area contributed by atoms with Crippen molar-refractivity contribution in [1.29, 1.82) is 0 Å². The van der Waals surface area contributed by atoms with E-state index in [4.69, 9.17) is 4.74 Å². The van der Waals surface area contributed by atoms with Crippen molar-refractivity contribution >= 4 is 11.5 Å². The Labute approximate surface area is 92.4 Å². The molecule has 1 heterocycles. The zero-order valence-electron chi connectivity index (χ0n) is 8.83. The minimum absolute atomic E-state index is 0.314. The van der Waals surface area contributed by atoms with Crippen LogP contribution in [0.2, 0.25) is 0 Å². The summed E-state index contributed by atoms with van der Waals surface area (Å²) in [5.74, 6) is 0.740. The van der Waals surface area contributed by atoms with Crippen molar-refractivity contribution < 1.29 is 9.13 Å². The molecular weight excluding hydrogens is 209 g/mol. The van der Waals surface area contributed by atoms with Crippen LogP contribution in [-0.2, 0) is 0 Å². The number of rotatable bonds is 4. The molecule has 16 heavy (non-hydrogen) atoms. The number of benzene rings is 1. The summed E-state index contributed by atoms with van der Waals surface area (Å²) < 4.78 is 18.9. The Kier molecular flexibility index (Phi) is 3.05. The molecule has 2 rings (SSSR count). The highest BCUT2D eigenvalue weighted by atomic mass is 19.1. The average Bonchev–Trinajstić information content (AvgIpc) is 2.76.